The fraction of sp³-hybridized carbons (Fsp3) is 0.250. The van der Waals surface area contributed by atoms with Crippen LogP contribution < -0.4 is 15.1 Å². The van der Waals surface area contributed by atoms with Crippen LogP contribution in [-0.2, 0) is 16.6 Å². The third-order valence-electron chi connectivity index (χ3n) is 5.94. The van der Waals surface area contributed by atoms with Crippen molar-refractivity contribution in [2.75, 3.05) is 11.8 Å². The highest BCUT2D eigenvalue weighted by Gasteiger charge is 2.35. The zero-order chi connectivity index (χ0) is 29.7. The number of aromatic nitrogens is 4. The Hall–Kier alpha value is -3.85. The fourth-order valence-electron chi connectivity index (χ4n) is 4.03. The molecule has 0 aliphatic heterocycles. The molecule has 0 bridgehead atoms. The fourth-order valence-corrected chi connectivity index (χ4v) is 5.42. The highest BCUT2D eigenvalue weighted by Crippen LogP contribution is 2.35. The van der Waals surface area contributed by atoms with E-state index in [2.05, 4.69) is 19.7 Å². The van der Waals surface area contributed by atoms with Gasteiger partial charge in [-0.2, -0.15) is 9.37 Å². The molecule has 4 rings (SSSR count). The van der Waals surface area contributed by atoms with Gasteiger partial charge in [0.25, 0.3) is 10.0 Å². The summed E-state index contributed by atoms with van der Waals surface area (Å²) in [5.74, 6) is -12.7. The lowest BCUT2D eigenvalue weighted by Crippen LogP contribution is -2.28. The first-order valence-electron chi connectivity index (χ1n) is 11.3. The minimum absolute atomic E-state index is 0.0636. The number of hydrogen-bond acceptors (Lipinski definition) is 7. The molecule has 1 aromatic carbocycles. The van der Waals surface area contributed by atoms with Gasteiger partial charge in [-0.1, -0.05) is 25.4 Å². The smallest absolute Gasteiger partial charge is 0.351 e. The number of anilines is 1. The van der Waals surface area contributed by atoms with Gasteiger partial charge in [-0.15, -0.1) is 0 Å². The van der Waals surface area contributed by atoms with E-state index in [-0.39, 0.29) is 18.1 Å². The molecule has 0 fully saturated rings. The molecule has 9 nitrogen and oxygen atoms in total. The van der Waals surface area contributed by atoms with Gasteiger partial charge in [0.05, 0.1) is 19.0 Å². The van der Waals surface area contributed by atoms with Gasteiger partial charge in [-0.25, -0.2) is 35.8 Å². The van der Waals surface area contributed by atoms with E-state index in [0.29, 0.717) is 24.4 Å². The van der Waals surface area contributed by atoms with Crippen molar-refractivity contribution < 1.29 is 35.1 Å². The van der Waals surface area contributed by atoms with Crippen molar-refractivity contribution in [3.05, 3.63) is 79.9 Å². The second kappa shape index (κ2) is 10.6. The van der Waals surface area contributed by atoms with Crippen LogP contribution in [-0.4, -0.2) is 35.0 Å². The number of halogens is 6. The first kappa shape index (κ1) is 29.1. The Morgan fingerprint density at radius 2 is 1.73 bits per heavy atom. The summed E-state index contributed by atoms with van der Waals surface area (Å²) in [6.45, 7) is 5.35. The zero-order valence-electron chi connectivity index (χ0n) is 21.1. The molecular formula is C24H19ClF5N5O4S. The Morgan fingerprint density at radius 1 is 1.07 bits per heavy atom. The van der Waals surface area contributed by atoms with E-state index in [9.17, 15) is 35.2 Å². The lowest BCUT2D eigenvalue weighted by Gasteiger charge is -2.18. The predicted molar refractivity (Wildman–Crippen MR) is 135 cm³/mol. The minimum atomic E-state index is -5.38. The van der Waals surface area contributed by atoms with Gasteiger partial charge in [-0.3, -0.25) is 14.3 Å². The maximum atomic E-state index is 14.6. The van der Waals surface area contributed by atoms with Crippen LogP contribution in [0.2, 0.25) is 5.15 Å². The van der Waals surface area contributed by atoms with Crippen molar-refractivity contribution in [3.8, 4) is 5.75 Å². The molecule has 3 heterocycles. The van der Waals surface area contributed by atoms with Crippen LogP contribution in [0.15, 0.2) is 28.0 Å². The normalized spacial score (nSPS) is 11.9. The Kier molecular flexibility index (Phi) is 7.73. The average molecular weight is 604 g/mol. The molecule has 4 aromatic rings. The molecule has 3 aromatic heterocycles. The van der Waals surface area contributed by atoms with Crippen LogP contribution in [0.5, 0.6) is 5.75 Å². The standard InChI is InChI=1S/C24H19ClF5N5O4S/c1-9(2)18-12(10(3)5-6-31-18)8-35-23-11(7-13(26)21(25)32-23)22(33-24(35)36)34-40(37,38)20-17(30)15(28)14(27)16(29)19(20)39-4/h5-7,9H,8H2,1-4H3,(H,33,34,36). The molecule has 0 saturated heterocycles. The molecule has 0 amide bonds. The van der Waals surface area contributed by atoms with E-state index < -0.39 is 71.8 Å². The first-order chi connectivity index (χ1) is 18.7. The largest absolute Gasteiger partial charge is 0.492 e. The average Bonchev–Trinajstić information content (AvgIpc) is 2.88. The van der Waals surface area contributed by atoms with E-state index >= 15 is 0 Å². The summed E-state index contributed by atoms with van der Waals surface area (Å²) in [6.07, 6.45) is 1.59. The molecular weight excluding hydrogens is 585 g/mol. The maximum absolute atomic E-state index is 14.6. The summed E-state index contributed by atoms with van der Waals surface area (Å²) in [5, 5.41) is -1.08. The van der Waals surface area contributed by atoms with E-state index in [1.807, 2.05) is 13.8 Å². The number of rotatable bonds is 7. The summed E-state index contributed by atoms with van der Waals surface area (Å²) < 4.78 is 104. The lowest BCUT2D eigenvalue weighted by molar-refractivity contribution is 0.328. The molecule has 16 heteroatoms. The summed E-state index contributed by atoms with van der Waals surface area (Å²) in [5.41, 5.74) is 0.580. The Labute approximate surface area is 228 Å². The van der Waals surface area contributed by atoms with Gasteiger partial charge in [0.1, 0.15) is 5.65 Å². The van der Waals surface area contributed by atoms with Gasteiger partial charge < -0.3 is 4.74 Å². The number of benzene rings is 1. The van der Waals surface area contributed by atoms with Crippen molar-refractivity contribution in [1.29, 1.82) is 0 Å². The van der Waals surface area contributed by atoms with Crippen LogP contribution in [0, 0.1) is 36.0 Å². The molecule has 0 radical (unpaired) electrons. The van der Waals surface area contributed by atoms with Crippen molar-refractivity contribution in [2.45, 2.75) is 38.1 Å². The second-order valence-electron chi connectivity index (χ2n) is 8.83. The second-order valence-corrected chi connectivity index (χ2v) is 10.8. The van der Waals surface area contributed by atoms with Gasteiger partial charge in [-0.05, 0) is 36.1 Å². The lowest BCUT2D eigenvalue weighted by atomic mass is 10.00. The van der Waals surface area contributed by atoms with Gasteiger partial charge in [0, 0.05) is 11.9 Å². The number of aryl methyl sites for hydroxylation is 1. The number of hydrogen-bond donors (Lipinski definition) is 1. The number of nitrogens with zero attached hydrogens (tertiary/aromatic N) is 4. The van der Waals surface area contributed by atoms with E-state index in [1.54, 1.807) is 23.9 Å². The highest BCUT2D eigenvalue weighted by atomic mass is 35.5. The number of fused-ring (bicyclic) bond motifs is 1. The molecule has 0 aliphatic carbocycles. The van der Waals surface area contributed by atoms with Crippen LogP contribution >= 0.6 is 11.6 Å². The molecule has 212 valence electrons. The summed E-state index contributed by atoms with van der Waals surface area (Å²) in [6, 6.07) is 2.41. The minimum Gasteiger partial charge on any atom is -0.492 e. The Bertz CT molecular complexity index is 1850. The van der Waals surface area contributed by atoms with E-state index in [4.69, 9.17) is 11.6 Å². The van der Waals surface area contributed by atoms with Crippen molar-refractivity contribution >= 4 is 38.5 Å². The third-order valence-corrected chi connectivity index (χ3v) is 7.56. The SMILES string of the molecule is COc1c(F)c(F)c(F)c(F)c1S(=O)(=O)Nc1nc(=O)n(Cc2c(C)ccnc2C(C)C)c2nc(Cl)c(F)cc12. The predicted octanol–water partition coefficient (Wildman–Crippen LogP) is 4.82. The number of ether oxygens (including phenoxy) is 1. The van der Waals surface area contributed by atoms with Gasteiger partial charge in [0.2, 0.25) is 11.6 Å². The Morgan fingerprint density at radius 3 is 2.35 bits per heavy atom. The van der Waals surface area contributed by atoms with Crippen molar-refractivity contribution in [1.82, 2.24) is 19.5 Å². The van der Waals surface area contributed by atoms with Crippen LogP contribution in [0.25, 0.3) is 11.0 Å². The van der Waals surface area contributed by atoms with E-state index in [1.165, 1.54) is 0 Å². The van der Waals surface area contributed by atoms with E-state index in [0.717, 1.165) is 10.1 Å². The molecule has 40 heavy (non-hydrogen) atoms. The van der Waals surface area contributed by atoms with Crippen molar-refractivity contribution in [3.63, 3.8) is 0 Å². The number of sulfonamides is 1. The molecule has 0 atom stereocenters. The first-order valence-corrected chi connectivity index (χ1v) is 13.2. The van der Waals surface area contributed by atoms with Gasteiger partial charge >= 0.3 is 5.69 Å². The summed E-state index contributed by atoms with van der Waals surface area (Å²) in [4.78, 5) is 23.3. The maximum Gasteiger partial charge on any atom is 0.351 e. The van der Waals surface area contributed by atoms with Gasteiger partial charge in [0.15, 0.2) is 39.1 Å². The molecule has 0 saturated carbocycles. The Balaban J connectivity index is 1.96. The van der Waals surface area contributed by atoms with Crippen LogP contribution in [0.4, 0.5) is 27.8 Å². The van der Waals surface area contributed by atoms with Crippen LogP contribution in [0.3, 0.4) is 0 Å². The number of nitrogens with one attached hydrogen (secondary N) is 1. The highest BCUT2D eigenvalue weighted by molar-refractivity contribution is 7.92. The summed E-state index contributed by atoms with van der Waals surface area (Å²) >= 11 is 5.86. The quantitative estimate of drug-likeness (QED) is 0.139. The number of pyridine rings is 2. The molecule has 1 N–H and O–H groups in total. The molecule has 0 unspecified atom stereocenters. The summed E-state index contributed by atoms with van der Waals surface area (Å²) in [7, 11) is -4.69. The monoisotopic (exact) mass is 603 g/mol. The van der Waals surface area contributed by atoms with Crippen molar-refractivity contribution in [2.24, 2.45) is 0 Å². The number of methoxy groups -OCH3 is 1. The molecule has 0 aliphatic rings. The third kappa shape index (κ3) is 4.94. The zero-order valence-corrected chi connectivity index (χ0v) is 22.7. The van der Waals surface area contributed by atoms with Crippen LogP contribution in [0.1, 0.15) is 36.6 Å². The molecule has 0 spiro atoms. The topological polar surface area (TPSA) is 116 Å².